The molecule has 0 saturated heterocycles. The van der Waals surface area contributed by atoms with E-state index < -0.39 is 27.6 Å². The van der Waals surface area contributed by atoms with Crippen LogP contribution in [0.1, 0.15) is 20.8 Å². The summed E-state index contributed by atoms with van der Waals surface area (Å²) in [6, 6.07) is 0. The zero-order valence-electron chi connectivity index (χ0n) is 7.49. The lowest BCUT2D eigenvalue weighted by molar-refractivity contribution is -0.0986. The van der Waals surface area contributed by atoms with Gasteiger partial charge in [0.25, 0.3) is 0 Å². The Kier molecular flexibility index (Phi) is 3.77. The molecule has 0 spiro atoms. The van der Waals surface area contributed by atoms with E-state index in [0.717, 1.165) is 6.92 Å². The van der Waals surface area contributed by atoms with Gasteiger partial charge in [-0.05, 0) is 20.8 Å². The highest BCUT2D eigenvalue weighted by Gasteiger charge is 2.50. The normalized spacial score (nSPS) is 16.2. The zero-order valence-corrected chi connectivity index (χ0v) is 8.31. The molecule has 0 aliphatic rings. The van der Waals surface area contributed by atoms with Crippen LogP contribution < -0.4 is 0 Å². The first-order chi connectivity index (χ1) is 5.59. The van der Waals surface area contributed by atoms with E-state index in [1.807, 2.05) is 0 Å². The van der Waals surface area contributed by atoms with Crippen LogP contribution in [0.15, 0.2) is 0 Å². The van der Waals surface area contributed by atoms with Gasteiger partial charge in [0.1, 0.15) is 6.10 Å². The molecule has 0 rings (SSSR count). The summed E-state index contributed by atoms with van der Waals surface area (Å²) in [5.74, 6) is 0. The van der Waals surface area contributed by atoms with E-state index in [2.05, 4.69) is 4.74 Å². The highest BCUT2D eigenvalue weighted by atomic mass is 32.2. The van der Waals surface area contributed by atoms with Crippen molar-refractivity contribution in [2.45, 2.75) is 38.2 Å². The summed E-state index contributed by atoms with van der Waals surface area (Å²) in [6.07, 6.45) is -2.41. The number of rotatable bonds is 4. The predicted molar refractivity (Wildman–Crippen MR) is 42.2 cm³/mol. The second-order valence-corrected chi connectivity index (χ2v) is 4.36. The Labute approximate surface area is 75.6 Å². The molecule has 7 heteroatoms. The molecule has 1 atom stereocenters. The van der Waals surface area contributed by atoms with Crippen LogP contribution in [-0.2, 0) is 14.9 Å². The highest BCUT2D eigenvalue weighted by molar-refractivity contribution is 7.86. The van der Waals surface area contributed by atoms with Gasteiger partial charge in [-0.1, -0.05) is 0 Å². The van der Waals surface area contributed by atoms with E-state index in [1.165, 1.54) is 13.8 Å². The number of ether oxygens (including phenoxy) is 1. The fraction of sp³-hybridized carbons (Fsp3) is 1.00. The highest BCUT2D eigenvalue weighted by Crippen LogP contribution is 2.27. The van der Waals surface area contributed by atoms with Crippen LogP contribution in [0.5, 0.6) is 0 Å². The van der Waals surface area contributed by atoms with E-state index in [9.17, 15) is 17.2 Å². The van der Waals surface area contributed by atoms with Crippen LogP contribution >= 0.6 is 0 Å². The number of hydrogen-bond donors (Lipinski definition) is 1. The second kappa shape index (κ2) is 3.85. The van der Waals surface area contributed by atoms with E-state index in [1.54, 1.807) is 0 Å². The first kappa shape index (κ1) is 12.7. The molecular weight excluding hydrogens is 206 g/mol. The molecule has 0 aromatic carbocycles. The lowest BCUT2D eigenvalue weighted by Crippen LogP contribution is -2.42. The largest absolute Gasteiger partial charge is 0.394 e. The molecule has 0 fully saturated rings. The molecule has 0 saturated carbocycles. The van der Waals surface area contributed by atoms with Crippen LogP contribution in [0.2, 0.25) is 0 Å². The summed E-state index contributed by atoms with van der Waals surface area (Å²) in [7, 11) is -5.41. The van der Waals surface area contributed by atoms with Crippen LogP contribution in [0, 0.1) is 0 Å². The number of hydrogen-bond acceptors (Lipinski definition) is 3. The Hall–Kier alpha value is -0.270. The molecule has 13 heavy (non-hydrogen) atoms. The maximum atomic E-state index is 12.7. The van der Waals surface area contributed by atoms with Crippen molar-refractivity contribution in [2.24, 2.45) is 0 Å². The van der Waals surface area contributed by atoms with Crippen molar-refractivity contribution < 1.29 is 26.5 Å². The molecule has 0 amide bonds. The molecule has 0 aromatic rings. The van der Waals surface area contributed by atoms with Crippen molar-refractivity contribution in [3.8, 4) is 0 Å². The number of halogens is 2. The van der Waals surface area contributed by atoms with Gasteiger partial charge in [0.15, 0.2) is 0 Å². The van der Waals surface area contributed by atoms with E-state index in [4.69, 9.17) is 4.55 Å². The zero-order chi connectivity index (χ0) is 10.9. The van der Waals surface area contributed by atoms with Gasteiger partial charge in [0.05, 0.1) is 6.10 Å². The van der Waals surface area contributed by atoms with Gasteiger partial charge in [-0.3, -0.25) is 4.55 Å². The lowest BCUT2D eigenvalue weighted by atomic mass is 10.4. The standard InChI is InChI=1S/C6H12F2O4S/c1-4(2)12-5(3)6(7,8)13(9,10)11/h4-5H,1-3H3,(H,9,10,11). The molecule has 1 N–H and O–H groups in total. The van der Waals surface area contributed by atoms with Crippen molar-refractivity contribution in [3.63, 3.8) is 0 Å². The average molecular weight is 218 g/mol. The molecule has 4 nitrogen and oxygen atoms in total. The minimum Gasteiger partial charge on any atom is -0.368 e. The Balaban J connectivity index is 4.65. The van der Waals surface area contributed by atoms with E-state index in [-0.39, 0.29) is 0 Å². The lowest BCUT2D eigenvalue weighted by Gasteiger charge is -2.22. The SMILES string of the molecule is CC(C)OC(C)C(F)(F)S(=O)(=O)O. The molecule has 0 radical (unpaired) electrons. The molecule has 0 heterocycles. The fourth-order valence-corrected chi connectivity index (χ4v) is 1.17. The smallest absolute Gasteiger partial charge is 0.368 e. The van der Waals surface area contributed by atoms with Gasteiger partial charge in [0.2, 0.25) is 0 Å². The third-order valence-electron chi connectivity index (χ3n) is 1.29. The second-order valence-electron chi connectivity index (χ2n) is 2.86. The van der Waals surface area contributed by atoms with Gasteiger partial charge in [-0.25, -0.2) is 0 Å². The Morgan fingerprint density at radius 1 is 1.31 bits per heavy atom. The Bertz CT molecular complexity index is 260. The molecule has 0 bridgehead atoms. The third-order valence-corrected chi connectivity index (χ3v) is 2.31. The minimum atomic E-state index is -5.41. The average Bonchev–Trinajstić information content (AvgIpc) is 1.82. The van der Waals surface area contributed by atoms with Crippen LogP contribution in [0.3, 0.4) is 0 Å². The third kappa shape index (κ3) is 3.17. The summed E-state index contributed by atoms with van der Waals surface area (Å²) < 4.78 is 58.6. The van der Waals surface area contributed by atoms with Crippen molar-refractivity contribution in [1.29, 1.82) is 0 Å². The summed E-state index contributed by atoms with van der Waals surface area (Å²) >= 11 is 0. The predicted octanol–water partition coefficient (Wildman–Crippen LogP) is 1.28. The summed E-state index contributed by atoms with van der Waals surface area (Å²) in [4.78, 5) is 0. The topological polar surface area (TPSA) is 63.6 Å². The van der Waals surface area contributed by atoms with Crippen molar-refractivity contribution in [3.05, 3.63) is 0 Å². The maximum absolute atomic E-state index is 12.7. The van der Waals surface area contributed by atoms with Crippen LogP contribution in [0.25, 0.3) is 0 Å². The van der Waals surface area contributed by atoms with Crippen molar-refractivity contribution in [2.75, 3.05) is 0 Å². The van der Waals surface area contributed by atoms with Gasteiger partial charge in [0, 0.05) is 0 Å². The maximum Gasteiger partial charge on any atom is 0.394 e. The molecule has 0 aromatic heterocycles. The molecule has 0 aliphatic heterocycles. The summed E-state index contributed by atoms with van der Waals surface area (Å²) in [5.41, 5.74) is 0. The van der Waals surface area contributed by atoms with Crippen molar-refractivity contribution >= 4 is 10.1 Å². The van der Waals surface area contributed by atoms with Crippen molar-refractivity contribution in [1.82, 2.24) is 0 Å². The minimum absolute atomic E-state index is 0.539. The Morgan fingerprint density at radius 3 is 1.92 bits per heavy atom. The van der Waals surface area contributed by atoms with E-state index in [0.29, 0.717) is 0 Å². The van der Waals surface area contributed by atoms with Gasteiger partial charge in [-0.2, -0.15) is 17.2 Å². The van der Waals surface area contributed by atoms with Crippen LogP contribution in [-0.4, -0.2) is 30.4 Å². The van der Waals surface area contributed by atoms with E-state index >= 15 is 0 Å². The summed E-state index contributed by atoms with van der Waals surface area (Å²) in [5, 5.41) is -4.27. The number of alkyl halides is 2. The molecular formula is C6H12F2O4S. The van der Waals surface area contributed by atoms with Gasteiger partial charge in [-0.15, -0.1) is 0 Å². The Morgan fingerprint density at radius 2 is 1.69 bits per heavy atom. The molecule has 1 unspecified atom stereocenters. The molecule has 0 aliphatic carbocycles. The quantitative estimate of drug-likeness (QED) is 0.722. The first-order valence-electron chi connectivity index (χ1n) is 3.59. The fourth-order valence-electron chi connectivity index (χ4n) is 0.697. The first-order valence-corrected chi connectivity index (χ1v) is 5.03. The monoisotopic (exact) mass is 218 g/mol. The van der Waals surface area contributed by atoms with Gasteiger partial charge >= 0.3 is 15.4 Å². The van der Waals surface area contributed by atoms with Crippen LogP contribution in [0.4, 0.5) is 8.78 Å². The summed E-state index contributed by atoms with van der Waals surface area (Å²) in [6.45, 7) is 3.85. The molecule has 80 valence electrons. The van der Waals surface area contributed by atoms with Gasteiger partial charge < -0.3 is 4.74 Å².